The molecule has 5 rings (SSSR count). The van der Waals surface area contributed by atoms with Gasteiger partial charge >= 0.3 is 0 Å². The van der Waals surface area contributed by atoms with Gasteiger partial charge in [-0.05, 0) is 67.7 Å². The number of phenols is 1. The van der Waals surface area contributed by atoms with E-state index in [-0.39, 0.29) is 5.41 Å². The third-order valence-electron chi connectivity index (χ3n) is 6.52. The van der Waals surface area contributed by atoms with Crippen LogP contribution >= 0.6 is 0 Å². The van der Waals surface area contributed by atoms with Gasteiger partial charge in [0.05, 0.1) is 5.52 Å². The highest BCUT2D eigenvalue weighted by Crippen LogP contribution is 2.48. The highest BCUT2D eigenvalue weighted by molar-refractivity contribution is 5.79. The molecule has 1 aliphatic heterocycles. The van der Waals surface area contributed by atoms with Crippen molar-refractivity contribution in [2.24, 2.45) is 5.92 Å². The second kappa shape index (κ2) is 5.82. The molecule has 0 saturated carbocycles. The normalized spacial score (nSPS) is 25.7. The van der Waals surface area contributed by atoms with Gasteiger partial charge in [-0.1, -0.05) is 30.3 Å². The Morgan fingerprint density at radius 2 is 2.00 bits per heavy atom. The Labute approximate surface area is 154 Å². The summed E-state index contributed by atoms with van der Waals surface area (Å²) in [7, 11) is 2.22. The van der Waals surface area contributed by atoms with Gasteiger partial charge in [0.15, 0.2) is 0 Å². The van der Waals surface area contributed by atoms with Crippen LogP contribution in [0.1, 0.15) is 23.2 Å². The minimum atomic E-state index is 0.0771. The van der Waals surface area contributed by atoms with E-state index in [4.69, 9.17) is 4.98 Å². The number of aromatic hydroxyl groups is 1. The molecule has 26 heavy (non-hydrogen) atoms. The quantitative estimate of drug-likeness (QED) is 0.727. The molecule has 1 aromatic heterocycles. The Morgan fingerprint density at radius 1 is 1.12 bits per heavy atom. The van der Waals surface area contributed by atoms with Crippen molar-refractivity contribution in [3.05, 3.63) is 71.4 Å². The maximum Gasteiger partial charge on any atom is 0.115 e. The number of rotatable bonds is 1. The van der Waals surface area contributed by atoms with Crippen molar-refractivity contribution < 1.29 is 5.11 Å². The van der Waals surface area contributed by atoms with E-state index in [1.54, 1.807) is 6.07 Å². The lowest BCUT2D eigenvalue weighted by atomic mass is 9.58. The van der Waals surface area contributed by atoms with Gasteiger partial charge in [-0.2, -0.15) is 0 Å². The Balaban J connectivity index is 1.67. The third-order valence-corrected chi connectivity index (χ3v) is 6.52. The average molecular weight is 344 g/mol. The van der Waals surface area contributed by atoms with E-state index in [0.29, 0.717) is 11.7 Å². The van der Waals surface area contributed by atoms with Crippen LogP contribution in [0.2, 0.25) is 0 Å². The van der Waals surface area contributed by atoms with Crippen molar-refractivity contribution in [2.75, 3.05) is 20.1 Å². The zero-order valence-electron chi connectivity index (χ0n) is 15.2. The third kappa shape index (κ3) is 2.42. The van der Waals surface area contributed by atoms with Gasteiger partial charge in [-0.15, -0.1) is 0 Å². The number of para-hydroxylation sites is 1. The van der Waals surface area contributed by atoms with Gasteiger partial charge in [-0.3, -0.25) is 4.98 Å². The first-order valence-electron chi connectivity index (χ1n) is 9.50. The summed E-state index contributed by atoms with van der Waals surface area (Å²) >= 11 is 0. The smallest absolute Gasteiger partial charge is 0.115 e. The molecule has 1 N–H and O–H groups in total. The number of fused-ring (bicyclic) bond motifs is 3. The van der Waals surface area contributed by atoms with Gasteiger partial charge in [0.2, 0.25) is 0 Å². The summed E-state index contributed by atoms with van der Waals surface area (Å²) in [6, 6.07) is 18.7. The van der Waals surface area contributed by atoms with Crippen molar-refractivity contribution >= 4 is 10.9 Å². The van der Waals surface area contributed by atoms with E-state index < -0.39 is 0 Å². The van der Waals surface area contributed by atoms with E-state index in [9.17, 15) is 5.11 Å². The fourth-order valence-electron chi connectivity index (χ4n) is 5.12. The highest BCUT2D eigenvalue weighted by Gasteiger charge is 2.47. The zero-order valence-corrected chi connectivity index (χ0v) is 15.2. The number of pyridine rings is 1. The summed E-state index contributed by atoms with van der Waals surface area (Å²) in [6.45, 7) is 2.19. The summed E-state index contributed by atoms with van der Waals surface area (Å²) in [5.74, 6) is 0.922. The lowest BCUT2D eigenvalue weighted by Crippen LogP contribution is -2.53. The highest BCUT2D eigenvalue weighted by atomic mass is 16.3. The fraction of sp³-hybridized carbons (Fsp3) is 0.348. The van der Waals surface area contributed by atoms with Gasteiger partial charge < -0.3 is 10.0 Å². The number of benzene rings is 2. The number of phenolic OH excluding ortho intramolecular Hbond substituents is 1. The largest absolute Gasteiger partial charge is 0.508 e. The topological polar surface area (TPSA) is 36.4 Å². The van der Waals surface area contributed by atoms with Crippen LogP contribution in [0.5, 0.6) is 5.75 Å². The van der Waals surface area contributed by atoms with Crippen molar-refractivity contribution in [3.8, 4) is 5.75 Å². The van der Waals surface area contributed by atoms with E-state index in [0.717, 1.165) is 37.9 Å². The molecule has 0 spiro atoms. The number of nitrogens with zero attached hydrogens (tertiary/aromatic N) is 2. The fourth-order valence-corrected chi connectivity index (χ4v) is 5.12. The minimum absolute atomic E-state index is 0.0771. The molecule has 0 bridgehead atoms. The molecule has 0 radical (unpaired) electrons. The molecule has 2 aliphatic rings. The van der Waals surface area contributed by atoms with Gasteiger partial charge in [-0.25, -0.2) is 0 Å². The summed E-state index contributed by atoms with van der Waals surface area (Å²) in [4.78, 5) is 7.49. The van der Waals surface area contributed by atoms with Crippen LogP contribution in [-0.4, -0.2) is 35.1 Å². The van der Waals surface area contributed by atoms with Crippen molar-refractivity contribution in [1.82, 2.24) is 9.88 Å². The van der Waals surface area contributed by atoms with Gasteiger partial charge in [0, 0.05) is 29.5 Å². The molecule has 2 heterocycles. The molecule has 1 saturated heterocycles. The summed E-state index contributed by atoms with van der Waals surface area (Å²) in [5, 5.41) is 11.3. The first kappa shape index (κ1) is 15.8. The lowest BCUT2D eigenvalue weighted by Gasteiger charge is -2.50. The van der Waals surface area contributed by atoms with Crippen LogP contribution in [0, 0.1) is 5.92 Å². The Kier molecular flexibility index (Phi) is 3.54. The first-order valence-corrected chi connectivity index (χ1v) is 9.50. The number of piperidine rings is 1. The SMILES string of the molecule is CN1CC[C@]2(c3cccc(O)c3)Cc3nc4ccccc4cc3CC2C1. The molecule has 1 unspecified atom stereocenters. The standard InChI is InChI=1S/C23H24N2O/c1-25-10-9-23(18-6-4-7-20(26)13-18)14-22-17(12-19(23)15-25)11-16-5-2-3-8-21(16)24-22/h2-8,11,13,19,26H,9-10,12,14-15H2,1H3/t19?,23-/m1/s1. The van der Waals surface area contributed by atoms with E-state index in [1.807, 2.05) is 12.1 Å². The van der Waals surface area contributed by atoms with Crippen LogP contribution in [0.4, 0.5) is 0 Å². The van der Waals surface area contributed by atoms with E-state index in [2.05, 4.69) is 48.3 Å². The lowest BCUT2D eigenvalue weighted by molar-refractivity contribution is 0.0987. The minimum Gasteiger partial charge on any atom is -0.508 e. The van der Waals surface area contributed by atoms with Crippen LogP contribution in [-0.2, 0) is 18.3 Å². The Bertz CT molecular complexity index is 983. The van der Waals surface area contributed by atoms with Crippen molar-refractivity contribution in [2.45, 2.75) is 24.7 Å². The second-order valence-electron chi connectivity index (χ2n) is 8.08. The van der Waals surface area contributed by atoms with Gasteiger partial charge in [0.25, 0.3) is 0 Å². The van der Waals surface area contributed by atoms with Crippen LogP contribution < -0.4 is 0 Å². The predicted octanol–water partition coefficient (Wildman–Crippen LogP) is 3.93. The zero-order chi connectivity index (χ0) is 17.7. The average Bonchev–Trinajstić information content (AvgIpc) is 2.65. The molecule has 132 valence electrons. The maximum absolute atomic E-state index is 10.1. The van der Waals surface area contributed by atoms with Crippen molar-refractivity contribution in [3.63, 3.8) is 0 Å². The molecule has 2 atom stereocenters. The van der Waals surface area contributed by atoms with Crippen LogP contribution in [0.25, 0.3) is 10.9 Å². The molecule has 1 aliphatic carbocycles. The van der Waals surface area contributed by atoms with E-state index >= 15 is 0 Å². The summed E-state index contributed by atoms with van der Waals surface area (Å²) in [6.07, 6.45) is 3.15. The number of aromatic nitrogens is 1. The maximum atomic E-state index is 10.1. The second-order valence-corrected chi connectivity index (χ2v) is 8.08. The summed E-state index contributed by atoms with van der Waals surface area (Å²) < 4.78 is 0. The molecule has 2 aromatic carbocycles. The van der Waals surface area contributed by atoms with Crippen LogP contribution in [0.15, 0.2) is 54.6 Å². The molecule has 0 amide bonds. The molecular weight excluding hydrogens is 320 g/mol. The Hall–Kier alpha value is -2.39. The summed E-state index contributed by atoms with van der Waals surface area (Å²) in [5.41, 5.74) is 5.08. The van der Waals surface area contributed by atoms with Crippen molar-refractivity contribution in [1.29, 1.82) is 0 Å². The molecule has 1 fully saturated rings. The molecule has 3 nitrogen and oxygen atoms in total. The Morgan fingerprint density at radius 3 is 2.88 bits per heavy atom. The molecular formula is C23H24N2O. The van der Waals surface area contributed by atoms with E-state index in [1.165, 1.54) is 22.2 Å². The first-order chi connectivity index (χ1) is 12.6. The number of likely N-dealkylation sites (tertiary alicyclic amines) is 1. The van der Waals surface area contributed by atoms with Crippen LogP contribution in [0.3, 0.4) is 0 Å². The van der Waals surface area contributed by atoms with Gasteiger partial charge in [0.1, 0.15) is 5.75 Å². The molecule has 3 heteroatoms. The number of hydrogen-bond donors (Lipinski definition) is 1. The monoisotopic (exact) mass is 344 g/mol. The molecule has 3 aromatic rings. The predicted molar refractivity (Wildman–Crippen MR) is 105 cm³/mol. The number of hydrogen-bond acceptors (Lipinski definition) is 3.